The Balaban J connectivity index is 1.56. The van der Waals surface area contributed by atoms with E-state index in [1.165, 1.54) is 18.3 Å². The van der Waals surface area contributed by atoms with E-state index in [1.807, 2.05) is 54.6 Å². The number of fused-ring (bicyclic) bond motifs is 1. The zero-order chi connectivity index (χ0) is 21.6. The van der Waals surface area contributed by atoms with E-state index in [4.69, 9.17) is 0 Å². The average molecular weight is 417 g/mol. The number of hydrazone groups is 1. The molecule has 4 aromatic rings. The minimum absolute atomic E-state index is 0.0490. The van der Waals surface area contributed by atoms with E-state index in [1.54, 1.807) is 18.2 Å². The highest BCUT2D eigenvalue weighted by Gasteiger charge is 2.13. The van der Waals surface area contributed by atoms with Crippen molar-refractivity contribution in [3.05, 3.63) is 96.1 Å². The first-order chi connectivity index (χ1) is 15.1. The van der Waals surface area contributed by atoms with Gasteiger partial charge in [0.25, 0.3) is 5.91 Å². The Morgan fingerprint density at radius 1 is 0.968 bits per heavy atom. The zero-order valence-electron chi connectivity index (χ0n) is 16.2. The molecule has 0 fully saturated rings. The van der Waals surface area contributed by atoms with E-state index in [0.717, 1.165) is 5.56 Å². The van der Waals surface area contributed by atoms with Crippen LogP contribution in [0.25, 0.3) is 22.2 Å². The summed E-state index contributed by atoms with van der Waals surface area (Å²) >= 11 is 0. The van der Waals surface area contributed by atoms with Crippen LogP contribution in [0.3, 0.4) is 0 Å². The van der Waals surface area contributed by atoms with Crippen LogP contribution in [-0.2, 0) is 0 Å². The molecular formula is C24H17F2N3O2. The summed E-state index contributed by atoms with van der Waals surface area (Å²) in [5, 5.41) is 4.70. The summed E-state index contributed by atoms with van der Waals surface area (Å²) in [7, 11) is 0. The van der Waals surface area contributed by atoms with Gasteiger partial charge in [-0.2, -0.15) is 13.9 Å². The molecular weight excluding hydrogens is 400 g/mol. The molecule has 0 aliphatic carbocycles. The van der Waals surface area contributed by atoms with Gasteiger partial charge in [-0.05, 0) is 42.0 Å². The molecule has 0 aliphatic rings. The SMILES string of the molecule is O=C(NN=Cc1ccc(OC(F)F)cc1)c1cc(-c2ccccc2)nc2ccccc12. The van der Waals surface area contributed by atoms with Crippen LogP contribution in [-0.4, -0.2) is 23.7 Å². The number of benzene rings is 3. The lowest BCUT2D eigenvalue weighted by Crippen LogP contribution is -2.18. The molecule has 0 unspecified atom stereocenters. The molecule has 0 saturated carbocycles. The zero-order valence-corrected chi connectivity index (χ0v) is 16.2. The molecule has 1 amide bonds. The number of halogens is 2. The van der Waals surface area contributed by atoms with Crippen LogP contribution in [0.1, 0.15) is 15.9 Å². The van der Waals surface area contributed by atoms with Crippen LogP contribution in [0.4, 0.5) is 8.78 Å². The summed E-state index contributed by atoms with van der Waals surface area (Å²) < 4.78 is 28.7. The van der Waals surface area contributed by atoms with Gasteiger partial charge < -0.3 is 4.74 Å². The molecule has 4 rings (SSSR count). The Hall–Kier alpha value is -4.13. The second kappa shape index (κ2) is 9.13. The smallest absolute Gasteiger partial charge is 0.387 e. The molecule has 7 heteroatoms. The monoisotopic (exact) mass is 417 g/mol. The van der Waals surface area contributed by atoms with E-state index in [0.29, 0.717) is 27.7 Å². The fraction of sp³-hybridized carbons (Fsp3) is 0.0417. The Kier molecular flexibility index (Phi) is 5.93. The predicted molar refractivity (Wildman–Crippen MR) is 115 cm³/mol. The third-order valence-electron chi connectivity index (χ3n) is 4.52. The molecule has 0 aliphatic heterocycles. The second-order valence-electron chi connectivity index (χ2n) is 6.58. The minimum atomic E-state index is -2.88. The first-order valence-electron chi connectivity index (χ1n) is 9.43. The quantitative estimate of drug-likeness (QED) is 0.344. The van der Waals surface area contributed by atoms with Crippen LogP contribution in [0.2, 0.25) is 0 Å². The molecule has 0 bridgehead atoms. The van der Waals surface area contributed by atoms with Crippen LogP contribution < -0.4 is 10.2 Å². The number of carbonyl (C=O) groups is 1. The van der Waals surface area contributed by atoms with Crippen molar-refractivity contribution in [3.8, 4) is 17.0 Å². The number of carbonyl (C=O) groups excluding carboxylic acids is 1. The number of pyridine rings is 1. The van der Waals surface area contributed by atoms with Gasteiger partial charge in [-0.25, -0.2) is 10.4 Å². The van der Waals surface area contributed by atoms with Crippen LogP contribution in [0, 0.1) is 0 Å². The van der Waals surface area contributed by atoms with Gasteiger partial charge in [0.2, 0.25) is 0 Å². The summed E-state index contributed by atoms with van der Waals surface area (Å²) in [6, 6.07) is 24.6. The van der Waals surface area contributed by atoms with Gasteiger partial charge in [0.15, 0.2) is 0 Å². The van der Waals surface area contributed by atoms with E-state index < -0.39 is 6.61 Å². The third-order valence-corrected chi connectivity index (χ3v) is 4.52. The number of nitrogens with one attached hydrogen (secondary N) is 1. The summed E-state index contributed by atoms with van der Waals surface area (Å²) in [6.45, 7) is -2.88. The van der Waals surface area contributed by atoms with Gasteiger partial charge in [0.1, 0.15) is 5.75 Å². The largest absolute Gasteiger partial charge is 0.435 e. The van der Waals surface area contributed by atoms with Crippen molar-refractivity contribution in [2.24, 2.45) is 5.10 Å². The maximum Gasteiger partial charge on any atom is 0.387 e. The molecule has 0 saturated heterocycles. The van der Waals surface area contributed by atoms with E-state index >= 15 is 0 Å². The number of amides is 1. The summed E-state index contributed by atoms with van der Waals surface area (Å²) in [5.74, 6) is -0.336. The summed E-state index contributed by atoms with van der Waals surface area (Å²) in [6.07, 6.45) is 1.42. The van der Waals surface area contributed by atoms with Crippen molar-refractivity contribution in [2.45, 2.75) is 6.61 Å². The molecule has 0 radical (unpaired) electrons. The lowest BCUT2D eigenvalue weighted by Gasteiger charge is -2.09. The molecule has 5 nitrogen and oxygen atoms in total. The highest BCUT2D eigenvalue weighted by molar-refractivity contribution is 6.07. The highest BCUT2D eigenvalue weighted by atomic mass is 19.3. The van der Waals surface area contributed by atoms with Gasteiger partial charge in [0, 0.05) is 10.9 Å². The van der Waals surface area contributed by atoms with E-state index in [2.05, 4.69) is 20.2 Å². The van der Waals surface area contributed by atoms with Crippen LogP contribution in [0.5, 0.6) is 5.75 Å². The van der Waals surface area contributed by atoms with E-state index in [-0.39, 0.29) is 11.7 Å². The van der Waals surface area contributed by atoms with Crippen molar-refractivity contribution in [3.63, 3.8) is 0 Å². The number of rotatable bonds is 6. The Labute approximate surface area is 177 Å². The molecule has 3 aromatic carbocycles. The summed E-state index contributed by atoms with van der Waals surface area (Å²) in [5.41, 5.74) is 5.87. The fourth-order valence-electron chi connectivity index (χ4n) is 3.08. The molecule has 0 spiro atoms. The molecule has 31 heavy (non-hydrogen) atoms. The highest BCUT2D eigenvalue weighted by Crippen LogP contribution is 2.24. The number of para-hydroxylation sites is 1. The predicted octanol–water partition coefficient (Wildman–Crippen LogP) is 5.27. The normalized spacial score (nSPS) is 11.2. The van der Waals surface area contributed by atoms with Crippen molar-refractivity contribution in [1.29, 1.82) is 0 Å². The molecule has 154 valence electrons. The Morgan fingerprint density at radius 2 is 1.68 bits per heavy atom. The molecule has 1 N–H and O–H groups in total. The lowest BCUT2D eigenvalue weighted by molar-refractivity contribution is -0.0498. The topological polar surface area (TPSA) is 63.6 Å². The minimum Gasteiger partial charge on any atom is -0.435 e. The third kappa shape index (κ3) is 4.90. The van der Waals surface area contributed by atoms with Gasteiger partial charge in [-0.15, -0.1) is 0 Å². The molecule has 1 heterocycles. The Bertz CT molecular complexity index is 1230. The van der Waals surface area contributed by atoms with Crippen LogP contribution in [0.15, 0.2) is 90.0 Å². The summed E-state index contributed by atoms with van der Waals surface area (Å²) in [4.78, 5) is 17.5. The fourth-order valence-corrected chi connectivity index (χ4v) is 3.08. The number of alkyl halides is 2. The lowest BCUT2D eigenvalue weighted by atomic mass is 10.0. The first-order valence-corrected chi connectivity index (χ1v) is 9.43. The van der Waals surface area contributed by atoms with Gasteiger partial charge in [0.05, 0.1) is 23.0 Å². The maximum atomic E-state index is 12.9. The number of nitrogens with zero attached hydrogens (tertiary/aromatic N) is 2. The van der Waals surface area contributed by atoms with Crippen LogP contribution >= 0.6 is 0 Å². The first kappa shape index (κ1) is 20.2. The van der Waals surface area contributed by atoms with Gasteiger partial charge in [-0.1, -0.05) is 48.5 Å². The van der Waals surface area contributed by atoms with Crippen molar-refractivity contribution < 1.29 is 18.3 Å². The standard InChI is InChI=1S/C24H17F2N3O2/c25-24(26)31-18-12-10-16(11-13-18)15-27-29-23(30)20-14-22(17-6-2-1-3-7-17)28-21-9-5-4-8-19(20)21/h1-15,24H,(H,29,30). The van der Waals surface area contributed by atoms with Crippen molar-refractivity contribution in [1.82, 2.24) is 10.4 Å². The molecule has 0 atom stereocenters. The maximum absolute atomic E-state index is 12.9. The average Bonchev–Trinajstić information content (AvgIpc) is 2.79. The number of aromatic nitrogens is 1. The number of hydrogen-bond donors (Lipinski definition) is 1. The van der Waals surface area contributed by atoms with Gasteiger partial charge in [-0.3, -0.25) is 4.79 Å². The van der Waals surface area contributed by atoms with E-state index in [9.17, 15) is 13.6 Å². The van der Waals surface area contributed by atoms with Gasteiger partial charge >= 0.3 is 6.61 Å². The second-order valence-corrected chi connectivity index (χ2v) is 6.58. The number of ether oxygens (including phenoxy) is 1. The number of hydrogen-bond acceptors (Lipinski definition) is 4. The van der Waals surface area contributed by atoms with Crippen molar-refractivity contribution in [2.75, 3.05) is 0 Å². The van der Waals surface area contributed by atoms with Crippen molar-refractivity contribution >= 4 is 23.0 Å². The molecule has 1 aromatic heterocycles. The Morgan fingerprint density at radius 3 is 2.42 bits per heavy atom.